The Balaban J connectivity index is 2.82. The number of nitrogens with one attached hydrogen (secondary N) is 1. The predicted molar refractivity (Wildman–Crippen MR) is 89.6 cm³/mol. The quantitative estimate of drug-likeness (QED) is 0.747. The third-order valence-electron chi connectivity index (χ3n) is 3.63. The standard InChI is InChI=1S/C17H29NOS/c1-5-7-13-20(19)15(4)17(18-12-6-2)16-10-8-14(3)9-11-16/h8-11,15,17-18H,5-7,12-13H2,1-4H3. The van der Waals surface area contributed by atoms with E-state index in [1.165, 1.54) is 11.1 Å². The molecule has 1 aromatic rings. The Labute approximate surface area is 126 Å². The summed E-state index contributed by atoms with van der Waals surface area (Å²) in [5.74, 6) is 0.813. The molecule has 0 saturated carbocycles. The summed E-state index contributed by atoms with van der Waals surface area (Å²) in [7, 11) is -0.767. The molecule has 0 fully saturated rings. The Morgan fingerprint density at radius 2 is 1.80 bits per heavy atom. The molecule has 0 aliphatic heterocycles. The monoisotopic (exact) mass is 295 g/mol. The van der Waals surface area contributed by atoms with Crippen LogP contribution >= 0.6 is 0 Å². The predicted octanol–water partition coefficient (Wildman–Crippen LogP) is 3.97. The maximum atomic E-state index is 12.4. The maximum Gasteiger partial charge on any atom is 0.0514 e. The van der Waals surface area contributed by atoms with E-state index in [9.17, 15) is 4.21 Å². The Morgan fingerprint density at radius 3 is 2.35 bits per heavy atom. The molecule has 1 rings (SSSR count). The van der Waals surface area contributed by atoms with Crippen molar-refractivity contribution in [3.8, 4) is 0 Å². The van der Waals surface area contributed by atoms with Gasteiger partial charge in [0.15, 0.2) is 0 Å². The molecular formula is C17H29NOS. The molecule has 0 saturated heterocycles. The zero-order valence-electron chi connectivity index (χ0n) is 13.3. The van der Waals surface area contributed by atoms with Crippen molar-refractivity contribution in [2.75, 3.05) is 12.3 Å². The van der Waals surface area contributed by atoms with E-state index in [0.29, 0.717) is 0 Å². The summed E-state index contributed by atoms with van der Waals surface area (Å²) in [6, 6.07) is 8.79. The van der Waals surface area contributed by atoms with Gasteiger partial charge in [0.25, 0.3) is 0 Å². The Kier molecular flexibility index (Phi) is 8.08. The van der Waals surface area contributed by atoms with Crippen LogP contribution in [0.4, 0.5) is 0 Å². The highest BCUT2D eigenvalue weighted by Crippen LogP contribution is 2.22. The van der Waals surface area contributed by atoms with Crippen LogP contribution < -0.4 is 5.32 Å². The molecule has 3 heteroatoms. The highest BCUT2D eigenvalue weighted by molar-refractivity contribution is 7.85. The van der Waals surface area contributed by atoms with Crippen LogP contribution in [0.2, 0.25) is 0 Å². The molecule has 0 radical (unpaired) electrons. The van der Waals surface area contributed by atoms with E-state index in [2.05, 4.69) is 57.3 Å². The molecule has 3 atom stereocenters. The minimum absolute atomic E-state index is 0.149. The van der Waals surface area contributed by atoms with Gasteiger partial charge >= 0.3 is 0 Å². The van der Waals surface area contributed by atoms with Gasteiger partial charge in [-0.1, -0.05) is 50.1 Å². The zero-order valence-corrected chi connectivity index (χ0v) is 14.1. The van der Waals surface area contributed by atoms with Crippen LogP contribution in [0.25, 0.3) is 0 Å². The van der Waals surface area contributed by atoms with Gasteiger partial charge in [-0.25, -0.2) is 0 Å². The summed E-state index contributed by atoms with van der Waals surface area (Å²) in [5.41, 5.74) is 2.52. The van der Waals surface area contributed by atoms with E-state index in [-0.39, 0.29) is 11.3 Å². The fourth-order valence-corrected chi connectivity index (χ4v) is 3.75. The molecule has 2 nitrogen and oxygen atoms in total. The van der Waals surface area contributed by atoms with Crippen molar-refractivity contribution in [3.05, 3.63) is 35.4 Å². The molecule has 0 aliphatic carbocycles. The highest BCUT2D eigenvalue weighted by atomic mass is 32.2. The van der Waals surface area contributed by atoms with Crippen molar-refractivity contribution in [2.24, 2.45) is 0 Å². The Hall–Kier alpha value is -0.670. The normalized spacial score (nSPS) is 15.8. The van der Waals surface area contributed by atoms with Gasteiger partial charge in [0, 0.05) is 22.6 Å². The minimum Gasteiger partial charge on any atom is -0.309 e. The van der Waals surface area contributed by atoms with Crippen molar-refractivity contribution in [1.82, 2.24) is 5.32 Å². The van der Waals surface area contributed by atoms with Crippen LogP contribution in [0.3, 0.4) is 0 Å². The van der Waals surface area contributed by atoms with Crippen molar-refractivity contribution in [3.63, 3.8) is 0 Å². The Bertz CT molecular complexity index is 402. The summed E-state index contributed by atoms with van der Waals surface area (Å²) in [4.78, 5) is 0. The second-order valence-electron chi connectivity index (χ2n) is 5.49. The first-order chi connectivity index (χ1) is 9.60. The van der Waals surface area contributed by atoms with E-state index >= 15 is 0 Å². The van der Waals surface area contributed by atoms with Crippen LogP contribution in [0, 0.1) is 6.92 Å². The lowest BCUT2D eigenvalue weighted by molar-refractivity contribution is 0.517. The SMILES string of the molecule is CCCCS(=O)C(C)C(NCCC)c1ccc(C)cc1. The van der Waals surface area contributed by atoms with E-state index in [4.69, 9.17) is 0 Å². The van der Waals surface area contributed by atoms with Gasteiger partial charge in [-0.2, -0.15) is 0 Å². The lowest BCUT2D eigenvalue weighted by Crippen LogP contribution is -2.34. The molecule has 1 N–H and O–H groups in total. The van der Waals surface area contributed by atoms with Crippen LogP contribution in [0.1, 0.15) is 57.2 Å². The van der Waals surface area contributed by atoms with Crippen molar-refractivity contribution in [1.29, 1.82) is 0 Å². The first-order valence-corrected chi connectivity index (χ1v) is 9.15. The van der Waals surface area contributed by atoms with Crippen molar-refractivity contribution >= 4 is 10.8 Å². The molecule has 114 valence electrons. The lowest BCUT2D eigenvalue weighted by Gasteiger charge is -2.25. The third kappa shape index (κ3) is 5.37. The summed E-state index contributed by atoms with van der Waals surface area (Å²) >= 11 is 0. The van der Waals surface area contributed by atoms with E-state index in [1.54, 1.807) is 0 Å². The fraction of sp³-hybridized carbons (Fsp3) is 0.647. The van der Waals surface area contributed by atoms with Gasteiger partial charge in [0.1, 0.15) is 0 Å². The number of benzene rings is 1. The molecule has 0 spiro atoms. The number of hydrogen-bond acceptors (Lipinski definition) is 2. The maximum absolute atomic E-state index is 12.4. The van der Waals surface area contributed by atoms with E-state index in [0.717, 1.165) is 31.6 Å². The number of unbranched alkanes of at least 4 members (excludes halogenated alkanes) is 1. The van der Waals surface area contributed by atoms with Gasteiger partial charge < -0.3 is 5.32 Å². The molecule has 1 aromatic carbocycles. The van der Waals surface area contributed by atoms with Crippen molar-refractivity contribution < 1.29 is 4.21 Å². The summed E-state index contributed by atoms with van der Waals surface area (Å²) in [5, 5.41) is 3.72. The minimum atomic E-state index is -0.767. The summed E-state index contributed by atoms with van der Waals surface area (Å²) in [6.45, 7) is 9.49. The molecule has 0 aliphatic rings. The molecule has 20 heavy (non-hydrogen) atoms. The average molecular weight is 295 g/mol. The first kappa shape index (κ1) is 17.4. The van der Waals surface area contributed by atoms with E-state index < -0.39 is 10.8 Å². The Morgan fingerprint density at radius 1 is 1.15 bits per heavy atom. The molecular weight excluding hydrogens is 266 g/mol. The molecule has 0 heterocycles. The number of aryl methyl sites for hydroxylation is 1. The average Bonchev–Trinajstić information content (AvgIpc) is 2.46. The topological polar surface area (TPSA) is 29.1 Å². The van der Waals surface area contributed by atoms with Gasteiger partial charge in [0.05, 0.1) is 5.25 Å². The zero-order chi connectivity index (χ0) is 15.0. The first-order valence-electron chi connectivity index (χ1n) is 7.77. The highest BCUT2D eigenvalue weighted by Gasteiger charge is 2.23. The lowest BCUT2D eigenvalue weighted by atomic mass is 10.0. The molecule has 0 aromatic heterocycles. The second-order valence-corrected chi connectivity index (χ2v) is 7.40. The van der Waals surface area contributed by atoms with Crippen LogP contribution in [-0.2, 0) is 10.8 Å². The smallest absolute Gasteiger partial charge is 0.0514 e. The molecule has 0 bridgehead atoms. The second kappa shape index (κ2) is 9.30. The van der Waals surface area contributed by atoms with Crippen LogP contribution in [0.5, 0.6) is 0 Å². The van der Waals surface area contributed by atoms with E-state index in [1.807, 2.05) is 0 Å². The largest absolute Gasteiger partial charge is 0.309 e. The van der Waals surface area contributed by atoms with Gasteiger partial charge in [-0.15, -0.1) is 0 Å². The molecule has 0 amide bonds. The molecule has 3 unspecified atom stereocenters. The van der Waals surface area contributed by atoms with Gasteiger partial charge in [0.2, 0.25) is 0 Å². The number of rotatable bonds is 9. The van der Waals surface area contributed by atoms with Crippen LogP contribution in [-0.4, -0.2) is 21.8 Å². The summed E-state index contributed by atoms with van der Waals surface area (Å²) < 4.78 is 12.4. The summed E-state index contributed by atoms with van der Waals surface area (Å²) in [6.07, 6.45) is 3.25. The van der Waals surface area contributed by atoms with Gasteiger partial charge in [-0.05, 0) is 38.8 Å². The third-order valence-corrected chi connectivity index (χ3v) is 5.43. The number of hydrogen-bond donors (Lipinski definition) is 1. The fourth-order valence-electron chi connectivity index (χ4n) is 2.25. The van der Waals surface area contributed by atoms with Gasteiger partial charge in [-0.3, -0.25) is 4.21 Å². The van der Waals surface area contributed by atoms with Crippen molar-refractivity contribution in [2.45, 2.75) is 58.2 Å². The van der Waals surface area contributed by atoms with Crippen LogP contribution in [0.15, 0.2) is 24.3 Å².